The SMILES string of the molecule is Cc1cc(C(=O)Nc2ccc(Oc3ccccc3)cc2)ns1. The number of carbonyl (C=O) groups excluding carboxylic acids is 1. The topological polar surface area (TPSA) is 51.2 Å². The molecule has 0 aliphatic rings. The fraction of sp³-hybridized carbons (Fsp3) is 0.0588. The van der Waals surface area contributed by atoms with Gasteiger partial charge in [-0.1, -0.05) is 18.2 Å². The number of rotatable bonds is 4. The second-order valence-electron chi connectivity index (χ2n) is 4.72. The maximum absolute atomic E-state index is 12.0. The summed E-state index contributed by atoms with van der Waals surface area (Å²) in [5.41, 5.74) is 1.14. The Bertz CT molecular complexity index is 767. The number of carbonyl (C=O) groups is 1. The Labute approximate surface area is 132 Å². The minimum absolute atomic E-state index is 0.207. The molecule has 1 heterocycles. The van der Waals surface area contributed by atoms with E-state index in [2.05, 4.69) is 9.69 Å². The molecule has 0 unspecified atom stereocenters. The first-order valence-electron chi connectivity index (χ1n) is 6.78. The van der Waals surface area contributed by atoms with Gasteiger partial charge in [-0.25, -0.2) is 0 Å². The third-order valence-corrected chi connectivity index (χ3v) is 3.65. The van der Waals surface area contributed by atoms with E-state index < -0.39 is 0 Å². The summed E-state index contributed by atoms with van der Waals surface area (Å²) >= 11 is 1.32. The van der Waals surface area contributed by atoms with E-state index in [1.807, 2.05) is 49.4 Å². The molecular formula is C17H14N2O2S. The molecule has 3 aromatic rings. The number of ether oxygens (including phenoxy) is 1. The van der Waals surface area contributed by atoms with E-state index >= 15 is 0 Å². The van der Waals surface area contributed by atoms with Crippen molar-refractivity contribution in [2.24, 2.45) is 0 Å². The normalized spacial score (nSPS) is 10.2. The lowest BCUT2D eigenvalue weighted by Gasteiger charge is -2.07. The maximum Gasteiger partial charge on any atom is 0.275 e. The summed E-state index contributed by atoms with van der Waals surface area (Å²) in [6.45, 7) is 1.92. The summed E-state index contributed by atoms with van der Waals surface area (Å²) in [6.07, 6.45) is 0. The smallest absolute Gasteiger partial charge is 0.275 e. The molecule has 22 heavy (non-hydrogen) atoms. The fourth-order valence-electron chi connectivity index (χ4n) is 1.90. The molecular weight excluding hydrogens is 296 g/mol. The fourth-order valence-corrected chi connectivity index (χ4v) is 2.44. The minimum Gasteiger partial charge on any atom is -0.457 e. The van der Waals surface area contributed by atoms with Crippen molar-refractivity contribution >= 4 is 23.1 Å². The summed E-state index contributed by atoms with van der Waals surface area (Å²) in [5, 5.41) is 2.81. The van der Waals surface area contributed by atoms with Crippen LogP contribution in [0.5, 0.6) is 11.5 Å². The van der Waals surface area contributed by atoms with E-state index in [0.29, 0.717) is 17.1 Å². The van der Waals surface area contributed by atoms with Crippen LogP contribution in [0.4, 0.5) is 5.69 Å². The molecule has 0 aliphatic heterocycles. The quantitative estimate of drug-likeness (QED) is 0.772. The Hall–Kier alpha value is -2.66. The zero-order valence-corrected chi connectivity index (χ0v) is 12.8. The zero-order chi connectivity index (χ0) is 15.4. The number of nitrogens with one attached hydrogen (secondary N) is 1. The van der Waals surface area contributed by atoms with Crippen LogP contribution >= 0.6 is 11.5 Å². The van der Waals surface area contributed by atoms with Crippen LogP contribution < -0.4 is 10.1 Å². The van der Waals surface area contributed by atoms with Gasteiger partial charge in [0.15, 0.2) is 0 Å². The van der Waals surface area contributed by atoms with Crippen LogP contribution in [0.15, 0.2) is 60.7 Å². The molecule has 0 fully saturated rings. The van der Waals surface area contributed by atoms with Gasteiger partial charge in [0.25, 0.3) is 5.91 Å². The predicted molar refractivity (Wildman–Crippen MR) is 87.8 cm³/mol. The molecule has 0 atom stereocenters. The number of amides is 1. The van der Waals surface area contributed by atoms with E-state index in [9.17, 15) is 4.79 Å². The summed E-state index contributed by atoms with van der Waals surface area (Å²) in [5.74, 6) is 1.28. The molecule has 1 N–H and O–H groups in total. The summed E-state index contributed by atoms with van der Waals surface area (Å²) in [4.78, 5) is 13.0. The number of hydrogen-bond donors (Lipinski definition) is 1. The van der Waals surface area contributed by atoms with Gasteiger partial charge in [0.05, 0.1) is 0 Å². The molecule has 0 spiro atoms. The van der Waals surface area contributed by atoms with E-state index in [1.165, 1.54) is 11.5 Å². The molecule has 2 aromatic carbocycles. The highest BCUT2D eigenvalue weighted by molar-refractivity contribution is 7.05. The molecule has 4 nitrogen and oxygen atoms in total. The number of hydrogen-bond acceptors (Lipinski definition) is 4. The highest BCUT2D eigenvalue weighted by Crippen LogP contribution is 2.23. The molecule has 110 valence electrons. The van der Waals surface area contributed by atoms with Crippen LogP contribution in [0.3, 0.4) is 0 Å². The maximum atomic E-state index is 12.0. The molecule has 0 radical (unpaired) electrons. The van der Waals surface area contributed by atoms with E-state index in [0.717, 1.165) is 10.6 Å². The molecule has 1 amide bonds. The van der Waals surface area contributed by atoms with Gasteiger partial charge in [-0.3, -0.25) is 4.79 Å². The number of para-hydroxylation sites is 1. The highest BCUT2D eigenvalue weighted by atomic mass is 32.1. The first-order chi connectivity index (χ1) is 10.7. The van der Waals surface area contributed by atoms with Gasteiger partial charge in [0, 0.05) is 10.6 Å². The van der Waals surface area contributed by atoms with Crippen molar-refractivity contribution in [2.75, 3.05) is 5.32 Å². The standard InChI is InChI=1S/C17H14N2O2S/c1-12-11-16(19-22-12)17(20)18-13-7-9-15(10-8-13)21-14-5-3-2-4-6-14/h2-11H,1H3,(H,18,20). The minimum atomic E-state index is -0.207. The van der Waals surface area contributed by atoms with Crippen molar-refractivity contribution in [1.29, 1.82) is 0 Å². The lowest BCUT2D eigenvalue weighted by molar-refractivity contribution is 0.102. The molecule has 0 bridgehead atoms. The van der Waals surface area contributed by atoms with E-state index in [4.69, 9.17) is 4.74 Å². The number of anilines is 1. The van der Waals surface area contributed by atoms with Crippen molar-refractivity contribution in [2.45, 2.75) is 6.92 Å². The zero-order valence-electron chi connectivity index (χ0n) is 11.9. The molecule has 0 saturated heterocycles. The lowest BCUT2D eigenvalue weighted by Crippen LogP contribution is -2.11. The molecule has 0 aliphatic carbocycles. The van der Waals surface area contributed by atoms with Crippen LogP contribution in [0.25, 0.3) is 0 Å². The Morgan fingerprint density at radius 2 is 1.73 bits per heavy atom. The highest BCUT2D eigenvalue weighted by Gasteiger charge is 2.09. The van der Waals surface area contributed by atoms with Gasteiger partial charge >= 0.3 is 0 Å². The third-order valence-electron chi connectivity index (χ3n) is 2.95. The van der Waals surface area contributed by atoms with Gasteiger partial charge < -0.3 is 10.1 Å². The van der Waals surface area contributed by atoms with Crippen molar-refractivity contribution in [3.63, 3.8) is 0 Å². The van der Waals surface area contributed by atoms with Crippen molar-refractivity contribution < 1.29 is 9.53 Å². The van der Waals surface area contributed by atoms with Gasteiger partial charge in [-0.15, -0.1) is 0 Å². The summed E-state index contributed by atoms with van der Waals surface area (Å²) < 4.78 is 9.79. The second kappa shape index (κ2) is 6.41. The van der Waals surface area contributed by atoms with Crippen LogP contribution in [0, 0.1) is 6.92 Å². The van der Waals surface area contributed by atoms with Crippen LogP contribution in [0.2, 0.25) is 0 Å². The summed E-state index contributed by atoms with van der Waals surface area (Å²) in [7, 11) is 0. The van der Waals surface area contributed by atoms with Crippen molar-refractivity contribution in [1.82, 2.24) is 4.37 Å². The van der Waals surface area contributed by atoms with Gasteiger partial charge in [-0.05, 0) is 60.9 Å². The average Bonchev–Trinajstić information content (AvgIpc) is 2.97. The Morgan fingerprint density at radius 3 is 2.36 bits per heavy atom. The van der Waals surface area contributed by atoms with Crippen molar-refractivity contribution in [3.8, 4) is 11.5 Å². The Balaban J connectivity index is 1.65. The van der Waals surface area contributed by atoms with Crippen LogP contribution in [-0.4, -0.2) is 10.3 Å². The van der Waals surface area contributed by atoms with E-state index in [1.54, 1.807) is 18.2 Å². The third kappa shape index (κ3) is 3.51. The Kier molecular flexibility index (Phi) is 4.16. The van der Waals surface area contributed by atoms with Crippen molar-refractivity contribution in [3.05, 3.63) is 71.2 Å². The second-order valence-corrected chi connectivity index (χ2v) is 5.73. The average molecular weight is 310 g/mol. The largest absolute Gasteiger partial charge is 0.457 e. The predicted octanol–water partition coefficient (Wildman–Crippen LogP) is 4.50. The Morgan fingerprint density at radius 1 is 1.05 bits per heavy atom. The summed E-state index contributed by atoms with van der Waals surface area (Å²) in [6, 6.07) is 18.5. The molecule has 5 heteroatoms. The number of aromatic nitrogens is 1. The lowest BCUT2D eigenvalue weighted by atomic mass is 10.3. The number of aryl methyl sites for hydroxylation is 1. The molecule has 0 saturated carbocycles. The first kappa shape index (κ1) is 14.3. The monoisotopic (exact) mass is 310 g/mol. The van der Waals surface area contributed by atoms with Gasteiger partial charge in [0.1, 0.15) is 17.2 Å². The number of benzene rings is 2. The van der Waals surface area contributed by atoms with Crippen LogP contribution in [0.1, 0.15) is 15.4 Å². The van der Waals surface area contributed by atoms with Gasteiger partial charge in [0.2, 0.25) is 0 Å². The van der Waals surface area contributed by atoms with Gasteiger partial charge in [-0.2, -0.15) is 4.37 Å². The molecule has 3 rings (SSSR count). The van der Waals surface area contributed by atoms with E-state index in [-0.39, 0.29) is 5.91 Å². The van der Waals surface area contributed by atoms with Crippen LogP contribution in [-0.2, 0) is 0 Å². The number of nitrogens with zero attached hydrogens (tertiary/aromatic N) is 1. The first-order valence-corrected chi connectivity index (χ1v) is 7.56. The molecule has 1 aromatic heterocycles.